The van der Waals surface area contributed by atoms with Crippen LogP contribution in [0.3, 0.4) is 0 Å². The molecular weight excluding hydrogens is 202 g/mol. The molecule has 4 nitrogen and oxygen atoms in total. The molecule has 0 atom stereocenters. The van der Waals surface area contributed by atoms with Gasteiger partial charge >= 0.3 is 5.69 Å². The van der Waals surface area contributed by atoms with Crippen LogP contribution in [0.25, 0.3) is 5.69 Å². The molecule has 5 heteroatoms. The van der Waals surface area contributed by atoms with Gasteiger partial charge in [-0.2, -0.15) is 0 Å². The van der Waals surface area contributed by atoms with Crippen LogP contribution in [0.5, 0.6) is 0 Å². The standard InChI is InChI=1S/C9H8ClN3O/c10-8-5-12-9(14)13(8)7-3-1-2-6(11)4-7/h1-5H,11H2,(H,12,14). The number of anilines is 1. The van der Waals surface area contributed by atoms with Crippen molar-refractivity contribution in [1.29, 1.82) is 0 Å². The third-order valence-electron chi connectivity index (χ3n) is 1.86. The van der Waals surface area contributed by atoms with Gasteiger partial charge in [0.05, 0.1) is 5.69 Å². The van der Waals surface area contributed by atoms with Gasteiger partial charge in [0.1, 0.15) is 5.15 Å². The maximum atomic E-state index is 11.3. The first kappa shape index (κ1) is 8.90. The summed E-state index contributed by atoms with van der Waals surface area (Å²) in [6.07, 6.45) is 1.44. The van der Waals surface area contributed by atoms with Crippen LogP contribution in [0.1, 0.15) is 0 Å². The fourth-order valence-electron chi connectivity index (χ4n) is 1.25. The van der Waals surface area contributed by atoms with E-state index in [-0.39, 0.29) is 5.69 Å². The summed E-state index contributed by atoms with van der Waals surface area (Å²) in [6.45, 7) is 0. The van der Waals surface area contributed by atoms with Crippen LogP contribution in [-0.4, -0.2) is 9.55 Å². The quantitative estimate of drug-likeness (QED) is 0.698. The number of aromatic nitrogens is 2. The highest BCUT2D eigenvalue weighted by atomic mass is 35.5. The van der Waals surface area contributed by atoms with Gasteiger partial charge < -0.3 is 10.7 Å². The van der Waals surface area contributed by atoms with Crippen LogP contribution in [0.2, 0.25) is 5.15 Å². The smallest absolute Gasteiger partial charge is 0.331 e. The molecule has 1 aromatic carbocycles. The van der Waals surface area contributed by atoms with E-state index in [1.54, 1.807) is 24.3 Å². The van der Waals surface area contributed by atoms with E-state index in [4.69, 9.17) is 17.3 Å². The lowest BCUT2D eigenvalue weighted by Crippen LogP contribution is -2.14. The van der Waals surface area contributed by atoms with Crippen molar-refractivity contribution in [3.05, 3.63) is 46.1 Å². The molecule has 0 unspecified atom stereocenters. The number of halogens is 1. The van der Waals surface area contributed by atoms with Gasteiger partial charge in [-0.25, -0.2) is 4.79 Å². The van der Waals surface area contributed by atoms with Crippen LogP contribution in [0.4, 0.5) is 5.69 Å². The van der Waals surface area contributed by atoms with E-state index in [9.17, 15) is 4.79 Å². The lowest BCUT2D eigenvalue weighted by molar-refractivity contribution is 0.988. The Kier molecular flexibility index (Phi) is 2.05. The monoisotopic (exact) mass is 209 g/mol. The van der Waals surface area contributed by atoms with Gasteiger partial charge in [-0.05, 0) is 18.2 Å². The highest BCUT2D eigenvalue weighted by Crippen LogP contribution is 2.14. The third kappa shape index (κ3) is 1.40. The highest BCUT2D eigenvalue weighted by molar-refractivity contribution is 6.29. The Labute approximate surface area is 84.9 Å². The number of benzene rings is 1. The molecule has 0 bridgehead atoms. The number of H-pyrrole nitrogens is 1. The van der Waals surface area contributed by atoms with E-state index in [2.05, 4.69) is 4.98 Å². The van der Waals surface area contributed by atoms with Gasteiger partial charge in [-0.15, -0.1) is 0 Å². The molecule has 0 aliphatic carbocycles. The fourth-order valence-corrected chi connectivity index (χ4v) is 1.48. The second-order valence-electron chi connectivity index (χ2n) is 2.85. The van der Waals surface area contributed by atoms with Crippen molar-refractivity contribution < 1.29 is 0 Å². The second-order valence-corrected chi connectivity index (χ2v) is 3.23. The second kappa shape index (κ2) is 3.23. The van der Waals surface area contributed by atoms with Crippen molar-refractivity contribution in [2.45, 2.75) is 0 Å². The molecule has 0 fully saturated rings. The molecule has 72 valence electrons. The minimum atomic E-state index is -0.277. The normalized spacial score (nSPS) is 10.4. The molecule has 14 heavy (non-hydrogen) atoms. The number of hydrogen-bond acceptors (Lipinski definition) is 2. The lowest BCUT2D eigenvalue weighted by Gasteiger charge is -2.02. The summed E-state index contributed by atoms with van der Waals surface area (Å²) in [7, 11) is 0. The van der Waals surface area contributed by atoms with Gasteiger partial charge in [0.2, 0.25) is 0 Å². The lowest BCUT2D eigenvalue weighted by atomic mass is 10.3. The van der Waals surface area contributed by atoms with Gasteiger partial charge in [0, 0.05) is 11.9 Å². The van der Waals surface area contributed by atoms with Crippen LogP contribution in [0, 0.1) is 0 Å². The topological polar surface area (TPSA) is 63.8 Å². The van der Waals surface area contributed by atoms with E-state index in [0.717, 1.165) is 0 Å². The summed E-state index contributed by atoms with van der Waals surface area (Å²) >= 11 is 5.82. The molecule has 0 saturated heterocycles. The Balaban J connectivity index is 2.66. The Morgan fingerprint density at radius 2 is 2.21 bits per heavy atom. The van der Waals surface area contributed by atoms with Crippen LogP contribution < -0.4 is 11.4 Å². The van der Waals surface area contributed by atoms with Crippen LogP contribution in [0.15, 0.2) is 35.3 Å². The van der Waals surface area contributed by atoms with E-state index < -0.39 is 0 Å². The fraction of sp³-hybridized carbons (Fsp3) is 0. The zero-order chi connectivity index (χ0) is 10.1. The van der Waals surface area contributed by atoms with Crippen molar-refractivity contribution in [2.75, 3.05) is 5.73 Å². The molecule has 0 saturated carbocycles. The Hall–Kier alpha value is -1.68. The molecule has 0 amide bonds. The minimum absolute atomic E-state index is 0.277. The molecule has 3 N–H and O–H groups in total. The number of nitrogens with two attached hydrogens (primary N) is 1. The van der Waals surface area contributed by atoms with Gasteiger partial charge in [0.25, 0.3) is 0 Å². The molecule has 2 rings (SSSR count). The molecule has 1 aromatic heterocycles. The number of imidazole rings is 1. The van der Waals surface area contributed by atoms with E-state index >= 15 is 0 Å². The van der Waals surface area contributed by atoms with Gasteiger partial charge in [-0.3, -0.25) is 4.57 Å². The highest BCUT2D eigenvalue weighted by Gasteiger charge is 2.05. The maximum absolute atomic E-state index is 11.3. The van der Waals surface area contributed by atoms with E-state index in [1.165, 1.54) is 10.8 Å². The summed E-state index contributed by atoms with van der Waals surface area (Å²) in [5.41, 5.74) is 6.56. The number of aromatic amines is 1. The molecule has 0 aliphatic heterocycles. The number of nitrogens with one attached hydrogen (secondary N) is 1. The number of hydrogen-bond donors (Lipinski definition) is 2. The summed E-state index contributed by atoms with van der Waals surface area (Å²) < 4.78 is 1.35. The van der Waals surface area contributed by atoms with Gasteiger partial charge in [0.15, 0.2) is 0 Å². The van der Waals surface area contributed by atoms with Crippen molar-refractivity contribution in [1.82, 2.24) is 9.55 Å². The van der Waals surface area contributed by atoms with E-state index in [1.807, 2.05) is 0 Å². The molecule has 0 spiro atoms. The maximum Gasteiger partial charge on any atom is 0.331 e. The molecule has 0 aliphatic rings. The predicted molar refractivity (Wildman–Crippen MR) is 55.8 cm³/mol. The first-order chi connectivity index (χ1) is 6.68. The van der Waals surface area contributed by atoms with Crippen molar-refractivity contribution >= 4 is 17.3 Å². The average molecular weight is 210 g/mol. The largest absolute Gasteiger partial charge is 0.399 e. The SMILES string of the molecule is Nc1cccc(-n2c(Cl)c[nH]c2=O)c1. The minimum Gasteiger partial charge on any atom is -0.399 e. The Morgan fingerprint density at radius 1 is 1.43 bits per heavy atom. The summed E-state index contributed by atoms with van der Waals surface area (Å²) in [6, 6.07) is 6.95. The molecule has 1 heterocycles. The zero-order valence-corrected chi connectivity index (χ0v) is 7.95. The third-order valence-corrected chi connectivity index (χ3v) is 2.14. The number of nitrogen functional groups attached to an aromatic ring is 1. The first-order valence-corrected chi connectivity index (χ1v) is 4.38. The molecular formula is C9H8ClN3O. The Morgan fingerprint density at radius 3 is 2.79 bits per heavy atom. The summed E-state index contributed by atoms with van der Waals surface area (Å²) in [5.74, 6) is 0. The van der Waals surface area contributed by atoms with Gasteiger partial charge in [-0.1, -0.05) is 17.7 Å². The average Bonchev–Trinajstić information content (AvgIpc) is 2.46. The van der Waals surface area contributed by atoms with Crippen molar-refractivity contribution in [3.63, 3.8) is 0 Å². The summed E-state index contributed by atoms with van der Waals surface area (Å²) in [4.78, 5) is 13.8. The number of nitrogens with zero attached hydrogens (tertiary/aromatic N) is 1. The van der Waals surface area contributed by atoms with Crippen molar-refractivity contribution in [3.8, 4) is 5.69 Å². The van der Waals surface area contributed by atoms with E-state index in [0.29, 0.717) is 16.5 Å². The molecule has 2 aromatic rings. The van der Waals surface area contributed by atoms with Crippen molar-refractivity contribution in [2.24, 2.45) is 0 Å². The Bertz CT molecular complexity index is 515. The number of rotatable bonds is 1. The predicted octanol–water partition coefficient (Wildman–Crippen LogP) is 1.40. The first-order valence-electron chi connectivity index (χ1n) is 4.00. The van der Waals surface area contributed by atoms with Crippen LogP contribution in [-0.2, 0) is 0 Å². The summed E-state index contributed by atoms with van der Waals surface area (Å²) in [5, 5.41) is 0.334. The zero-order valence-electron chi connectivity index (χ0n) is 7.20. The molecule has 0 radical (unpaired) electrons. The van der Waals surface area contributed by atoms with Crippen LogP contribution >= 0.6 is 11.6 Å².